The van der Waals surface area contributed by atoms with E-state index in [1.807, 2.05) is 0 Å². The van der Waals surface area contributed by atoms with Crippen LogP contribution in [0.2, 0.25) is 0 Å². The van der Waals surface area contributed by atoms with E-state index in [-0.39, 0.29) is 25.9 Å². The standard InChI is InChI=1S/C66H121O11P/c1-4-7-10-13-16-19-22-25-27-29-31-33-35-38-40-43-46-49-52-55-64(68)73-59-63(77-66(70)57-54-51-48-45-42-39-36-34-32-30-28-26-23-20-17-14-11-8-5-2)61-75-78(71,72)74-60-62(58-67)76-65(69)56-53-50-47-44-41-37-24-21-18-15-12-9-6-3/h12,15,21,24-28,62-63,67H,4-11,13-14,16-20,22-23,29-61H2,1-3H3,(H,71,72)/b15-12-,24-21-,27-25-,28-26-. The zero-order valence-electron chi connectivity index (χ0n) is 50.6. The van der Waals surface area contributed by atoms with Gasteiger partial charge in [0.1, 0.15) is 12.7 Å². The zero-order chi connectivity index (χ0) is 56.9. The summed E-state index contributed by atoms with van der Waals surface area (Å²) < 4.78 is 39.7. The fraction of sp³-hybridized carbons (Fsp3) is 0.833. The highest BCUT2D eigenvalue weighted by atomic mass is 31.2. The Labute approximate surface area is 479 Å². The number of aliphatic hydroxyl groups is 1. The van der Waals surface area contributed by atoms with Gasteiger partial charge in [0.25, 0.3) is 0 Å². The van der Waals surface area contributed by atoms with Crippen molar-refractivity contribution in [1.29, 1.82) is 0 Å². The predicted octanol–water partition coefficient (Wildman–Crippen LogP) is 19.7. The van der Waals surface area contributed by atoms with Crippen LogP contribution >= 0.6 is 7.82 Å². The second-order valence-electron chi connectivity index (χ2n) is 21.9. The minimum absolute atomic E-state index is 0.162. The van der Waals surface area contributed by atoms with E-state index in [2.05, 4.69) is 69.4 Å². The van der Waals surface area contributed by atoms with Crippen molar-refractivity contribution in [3.05, 3.63) is 48.6 Å². The highest BCUT2D eigenvalue weighted by molar-refractivity contribution is 7.47. The number of unbranched alkanes of at least 4 members (excludes halogenated alkanes) is 36. The molecular formula is C66H121O11P. The summed E-state index contributed by atoms with van der Waals surface area (Å²) in [7, 11) is -4.75. The first kappa shape index (κ1) is 75.4. The first-order chi connectivity index (χ1) is 38.2. The summed E-state index contributed by atoms with van der Waals surface area (Å²) >= 11 is 0. The second kappa shape index (κ2) is 60.5. The van der Waals surface area contributed by atoms with Crippen LogP contribution in [0, 0.1) is 0 Å². The lowest BCUT2D eigenvalue weighted by Gasteiger charge is -2.21. The third-order valence-corrected chi connectivity index (χ3v) is 15.1. The van der Waals surface area contributed by atoms with Crippen LogP contribution in [-0.2, 0) is 42.2 Å². The molecule has 0 aromatic carbocycles. The van der Waals surface area contributed by atoms with Gasteiger partial charge in [-0.15, -0.1) is 0 Å². The summed E-state index contributed by atoms with van der Waals surface area (Å²) in [6.45, 7) is 4.61. The molecule has 0 saturated carbocycles. The van der Waals surface area contributed by atoms with E-state index in [1.54, 1.807) is 0 Å². The summed E-state index contributed by atoms with van der Waals surface area (Å²) in [6, 6.07) is 0. The molecule has 0 aromatic heterocycles. The lowest BCUT2D eigenvalue weighted by Crippen LogP contribution is -2.30. The Bertz CT molecular complexity index is 1490. The van der Waals surface area contributed by atoms with E-state index >= 15 is 0 Å². The van der Waals surface area contributed by atoms with Gasteiger partial charge in [0.05, 0.1) is 19.8 Å². The molecule has 0 aromatic rings. The number of carbonyl (C=O) groups excluding carboxylic acids is 3. The first-order valence-electron chi connectivity index (χ1n) is 32.5. The summed E-state index contributed by atoms with van der Waals surface area (Å²) in [4.78, 5) is 48.7. The molecule has 78 heavy (non-hydrogen) atoms. The van der Waals surface area contributed by atoms with Gasteiger partial charge >= 0.3 is 25.7 Å². The largest absolute Gasteiger partial charge is 0.472 e. The molecule has 0 bridgehead atoms. The number of allylic oxidation sites excluding steroid dienone is 8. The molecule has 0 rings (SSSR count). The van der Waals surface area contributed by atoms with Crippen molar-refractivity contribution in [2.75, 3.05) is 26.4 Å². The summed E-state index contributed by atoms with van der Waals surface area (Å²) in [5.41, 5.74) is 0. The molecule has 456 valence electrons. The summed E-state index contributed by atoms with van der Waals surface area (Å²) in [6.07, 6.45) is 66.3. The second-order valence-corrected chi connectivity index (χ2v) is 23.4. The number of esters is 3. The third kappa shape index (κ3) is 58.1. The molecule has 0 aliphatic rings. The topological polar surface area (TPSA) is 155 Å². The molecule has 0 aliphatic heterocycles. The molecule has 0 fully saturated rings. The van der Waals surface area contributed by atoms with Crippen LogP contribution in [0.3, 0.4) is 0 Å². The smallest absolute Gasteiger partial charge is 0.462 e. The monoisotopic (exact) mass is 1120 g/mol. The van der Waals surface area contributed by atoms with E-state index in [0.29, 0.717) is 19.3 Å². The van der Waals surface area contributed by atoms with Crippen LogP contribution in [0.5, 0.6) is 0 Å². The lowest BCUT2D eigenvalue weighted by atomic mass is 10.1. The Kier molecular flexibility index (Phi) is 58.5. The molecule has 0 aliphatic carbocycles. The van der Waals surface area contributed by atoms with Crippen molar-refractivity contribution >= 4 is 25.7 Å². The van der Waals surface area contributed by atoms with Crippen LogP contribution in [0.1, 0.15) is 316 Å². The molecule has 3 atom stereocenters. The fourth-order valence-electron chi connectivity index (χ4n) is 9.21. The van der Waals surface area contributed by atoms with E-state index in [1.165, 1.54) is 173 Å². The summed E-state index contributed by atoms with van der Waals surface area (Å²) in [5.74, 6) is -1.46. The van der Waals surface area contributed by atoms with Crippen LogP contribution < -0.4 is 0 Å². The van der Waals surface area contributed by atoms with Gasteiger partial charge in [0.2, 0.25) is 0 Å². The molecule has 12 heteroatoms. The Morgan fingerprint density at radius 2 is 0.654 bits per heavy atom. The maximum Gasteiger partial charge on any atom is 0.472 e. The van der Waals surface area contributed by atoms with Crippen LogP contribution in [0.15, 0.2) is 48.6 Å². The number of phosphoric ester groups is 1. The van der Waals surface area contributed by atoms with Crippen LogP contribution in [0.25, 0.3) is 0 Å². The number of phosphoric acid groups is 1. The number of rotatable bonds is 61. The van der Waals surface area contributed by atoms with Crippen molar-refractivity contribution < 1.29 is 52.2 Å². The predicted molar refractivity (Wildman–Crippen MR) is 325 cm³/mol. The molecule has 11 nitrogen and oxygen atoms in total. The lowest BCUT2D eigenvalue weighted by molar-refractivity contribution is -0.161. The van der Waals surface area contributed by atoms with Gasteiger partial charge in [-0.1, -0.05) is 249 Å². The van der Waals surface area contributed by atoms with Crippen LogP contribution in [-0.4, -0.2) is 66.5 Å². The molecule has 0 amide bonds. The van der Waals surface area contributed by atoms with E-state index in [4.69, 9.17) is 23.3 Å². The quantitative estimate of drug-likeness (QED) is 0.0197. The van der Waals surface area contributed by atoms with Gasteiger partial charge in [-0.3, -0.25) is 23.4 Å². The fourth-order valence-corrected chi connectivity index (χ4v) is 9.99. The van der Waals surface area contributed by atoms with Crippen molar-refractivity contribution in [3.8, 4) is 0 Å². The number of hydrogen-bond acceptors (Lipinski definition) is 10. The van der Waals surface area contributed by atoms with Crippen molar-refractivity contribution in [1.82, 2.24) is 0 Å². The number of aliphatic hydroxyl groups excluding tert-OH is 1. The van der Waals surface area contributed by atoms with Crippen molar-refractivity contribution in [2.24, 2.45) is 0 Å². The molecular weight excluding hydrogens is 1000 g/mol. The summed E-state index contributed by atoms with van der Waals surface area (Å²) in [5, 5.41) is 9.83. The van der Waals surface area contributed by atoms with Gasteiger partial charge in [-0.05, 0) is 96.3 Å². The Morgan fingerprint density at radius 1 is 0.359 bits per heavy atom. The Balaban J connectivity index is 4.68. The maximum atomic E-state index is 13.0. The van der Waals surface area contributed by atoms with E-state index in [9.17, 15) is 28.9 Å². The third-order valence-electron chi connectivity index (χ3n) is 14.2. The first-order valence-corrected chi connectivity index (χ1v) is 34.0. The van der Waals surface area contributed by atoms with E-state index in [0.717, 1.165) is 83.5 Å². The molecule has 0 spiro atoms. The van der Waals surface area contributed by atoms with Gasteiger partial charge in [-0.25, -0.2) is 4.57 Å². The molecule has 3 unspecified atom stereocenters. The zero-order valence-corrected chi connectivity index (χ0v) is 51.5. The number of carbonyl (C=O) groups is 3. The minimum Gasteiger partial charge on any atom is -0.462 e. The number of hydrogen-bond donors (Lipinski definition) is 2. The normalized spacial score (nSPS) is 13.6. The van der Waals surface area contributed by atoms with Gasteiger partial charge in [0.15, 0.2) is 6.10 Å². The molecule has 0 saturated heterocycles. The molecule has 0 heterocycles. The molecule has 2 N–H and O–H groups in total. The Hall–Kier alpha value is -2.56. The highest BCUT2D eigenvalue weighted by Gasteiger charge is 2.28. The van der Waals surface area contributed by atoms with Gasteiger partial charge < -0.3 is 24.2 Å². The average Bonchev–Trinajstić information content (AvgIpc) is 3.43. The van der Waals surface area contributed by atoms with Crippen molar-refractivity contribution in [3.63, 3.8) is 0 Å². The highest BCUT2D eigenvalue weighted by Crippen LogP contribution is 2.43. The maximum absolute atomic E-state index is 13.0. The van der Waals surface area contributed by atoms with Crippen LogP contribution in [0.4, 0.5) is 0 Å². The SMILES string of the molecule is CCC/C=C\C/C=C\CCCCCCCC(=O)OC(CO)COP(=O)(O)OCC(COC(=O)CCCCCCCCCCC/C=C\CCCCCCCC)OC(=O)CCCCCCCCCCC/C=C\CCCCCCCC. The Morgan fingerprint density at radius 3 is 1.01 bits per heavy atom. The van der Waals surface area contributed by atoms with E-state index < -0.39 is 57.8 Å². The number of ether oxygens (including phenoxy) is 3. The van der Waals surface area contributed by atoms with Gasteiger partial charge in [-0.2, -0.15) is 0 Å². The average molecular weight is 1120 g/mol. The van der Waals surface area contributed by atoms with Gasteiger partial charge in [0, 0.05) is 19.3 Å². The van der Waals surface area contributed by atoms with Crippen molar-refractivity contribution in [2.45, 2.75) is 328 Å². The minimum atomic E-state index is -4.75. The molecule has 0 radical (unpaired) electrons.